The van der Waals surface area contributed by atoms with Gasteiger partial charge in [-0.15, -0.1) is 0 Å². The number of aryl methyl sites for hydroxylation is 1. The third kappa shape index (κ3) is 4.87. The molecule has 1 aliphatic heterocycles. The number of hydrogen-bond donors (Lipinski definition) is 0. The molecule has 3 rings (SSSR count). The van der Waals surface area contributed by atoms with Gasteiger partial charge in [-0.2, -0.15) is 4.98 Å². The molecule has 0 saturated heterocycles. The molecule has 1 aliphatic rings. The molecule has 0 N–H and O–H groups in total. The van der Waals surface area contributed by atoms with Gasteiger partial charge in [0.2, 0.25) is 5.89 Å². The van der Waals surface area contributed by atoms with Crippen LogP contribution in [-0.2, 0) is 28.9 Å². The zero-order chi connectivity index (χ0) is 20.8. The maximum absolute atomic E-state index is 12.1. The Bertz CT molecular complexity index is 836. The minimum Gasteiger partial charge on any atom is -0.493 e. The molecule has 0 bridgehead atoms. The van der Waals surface area contributed by atoms with E-state index in [9.17, 15) is 4.79 Å². The van der Waals surface area contributed by atoms with E-state index in [1.165, 1.54) is 7.11 Å². The van der Waals surface area contributed by atoms with E-state index in [2.05, 4.69) is 22.0 Å². The first kappa shape index (κ1) is 21.1. The van der Waals surface area contributed by atoms with Gasteiger partial charge in [0.1, 0.15) is 0 Å². The molecule has 158 valence electrons. The van der Waals surface area contributed by atoms with Crippen molar-refractivity contribution >= 4 is 5.97 Å². The zero-order valence-electron chi connectivity index (χ0n) is 17.6. The average molecular weight is 403 g/mol. The van der Waals surface area contributed by atoms with Crippen LogP contribution in [0.5, 0.6) is 11.5 Å². The van der Waals surface area contributed by atoms with Crippen molar-refractivity contribution in [1.29, 1.82) is 0 Å². The zero-order valence-corrected chi connectivity index (χ0v) is 17.6. The van der Waals surface area contributed by atoms with Crippen LogP contribution >= 0.6 is 0 Å². The molecule has 0 saturated carbocycles. The highest BCUT2D eigenvalue weighted by molar-refractivity contribution is 5.70. The van der Waals surface area contributed by atoms with E-state index in [0.717, 1.165) is 49.2 Å². The molecular formula is C21H29N3O5. The monoisotopic (exact) mass is 403 g/mol. The van der Waals surface area contributed by atoms with Gasteiger partial charge in [0.15, 0.2) is 17.3 Å². The fraction of sp³-hybridized carbons (Fsp3) is 0.571. The number of rotatable bonds is 9. The van der Waals surface area contributed by atoms with E-state index in [4.69, 9.17) is 18.7 Å². The Kier molecular flexibility index (Phi) is 7.09. The Morgan fingerprint density at radius 1 is 1.24 bits per heavy atom. The summed E-state index contributed by atoms with van der Waals surface area (Å²) in [6.45, 7) is 3.37. The predicted octanol–water partition coefficient (Wildman–Crippen LogP) is 3.09. The molecule has 0 spiro atoms. The number of hydrogen-bond acceptors (Lipinski definition) is 8. The Hall–Kier alpha value is -2.61. The van der Waals surface area contributed by atoms with E-state index in [0.29, 0.717) is 23.9 Å². The number of unbranched alkanes of at least 4 members (excludes halogenated alkanes) is 1. The third-order valence-electron chi connectivity index (χ3n) is 5.30. The third-order valence-corrected chi connectivity index (χ3v) is 5.30. The fourth-order valence-corrected chi connectivity index (χ4v) is 3.71. The largest absolute Gasteiger partial charge is 0.493 e. The molecule has 1 aromatic heterocycles. The van der Waals surface area contributed by atoms with Crippen LogP contribution in [0, 0.1) is 0 Å². The number of aromatic nitrogens is 2. The van der Waals surface area contributed by atoms with Crippen molar-refractivity contribution in [2.45, 2.75) is 51.6 Å². The van der Waals surface area contributed by atoms with Crippen LogP contribution in [0.1, 0.15) is 55.1 Å². The SMILES string of the molecule is CCCCc1noc(CN2CCc3cc(OC)c(OC)cc3C2CC(=O)OC)n1. The topological polar surface area (TPSA) is 86.9 Å². The average Bonchev–Trinajstić information content (AvgIpc) is 3.19. The van der Waals surface area contributed by atoms with Gasteiger partial charge in [0.05, 0.1) is 34.3 Å². The Morgan fingerprint density at radius 3 is 2.69 bits per heavy atom. The summed E-state index contributed by atoms with van der Waals surface area (Å²) in [5.41, 5.74) is 2.17. The van der Waals surface area contributed by atoms with Crippen molar-refractivity contribution in [2.24, 2.45) is 0 Å². The van der Waals surface area contributed by atoms with Crippen molar-refractivity contribution in [3.8, 4) is 11.5 Å². The standard InChI is InChI=1S/C21H29N3O5/c1-5-6-7-19-22-20(29-23-19)13-24-9-8-14-10-17(26-2)18(27-3)11-15(14)16(24)12-21(25)28-4/h10-11,16H,5-9,12-13H2,1-4H3. The van der Waals surface area contributed by atoms with Crippen molar-refractivity contribution in [1.82, 2.24) is 15.0 Å². The van der Waals surface area contributed by atoms with Crippen LogP contribution in [0.3, 0.4) is 0 Å². The van der Waals surface area contributed by atoms with E-state index in [1.807, 2.05) is 12.1 Å². The second-order valence-electron chi connectivity index (χ2n) is 7.13. The predicted molar refractivity (Wildman–Crippen MR) is 106 cm³/mol. The maximum atomic E-state index is 12.1. The Labute approximate surface area is 171 Å². The Morgan fingerprint density at radius 2 is 2.00 bits per heavy atom. The number of ether oxygens (including phenoxy) is 3. The number of carbonyl (C=O) groups is 1. The first-order chi connectivity index (χ1) is 14.1. The summed E-state index contributed by atoms with van der Waals surface area (Å²) in [4.78, 5) is 18.8. The highest BCUT2D eigenvalue weighted by Crippen LogP contribution is 2.40. The molecule has 1 atom stereocenters. The first-order valence-electron chi connectivity index (χ1n) is 9.96. The molecule has 29 heavy (non-hydrogen) atoms. The molecule has 0 fully saturated rings. The van der Waals surface area contributed by atoms with Crippen LogP contribution in [0.25, 0.3) is 0 Å². The minimum atomic E-state index is -0.267. The highest BCUT2D eigenvalue weighted by Gasteiger charge is 2.32. The number of fused-ring (bicyclic) bond motifs is 1. The number of nitrogens with zero attached hydrogens (tertiary/aromatic N) is 3. The summed E-state index contributed by atoms with van der Waals surface area (Å²) in [7, 11) is 4.64. The van der Waals surface area contributed by atoms with Gasteiger partial charge in [0.25, 0.3) is 0 Å². The smallest absolute Gasteiger partial charge is 0.307 e. The lowest BCUT2D eigenvalue weighted by Gasteiger charge is -2.36. The van der Waals surface area contributed by atoms with E-state index in [1.54, 1.807) is 14.2 Å². The molecule has 8 nitrogen and oxygen atoms in total. The van der Waals surface area contributed by atoms with Gasteiger partial charge in [-0.05, 0) is 36.1 Å². The maximum Gasteiger partial charge on any atom is 0.307 e. The molecule has 1 aromatic carbocycles. The molecular weight excluding hydrogens is 374 g/mol. The number of methoxy groups -OCH3 is 3. The number of benzene rings is 1. The normalized spacial score (nSPS) is 16.3. The van der Waals surface area contributed by atoms with E-state index >= 15 is 0 Å². The van der Waals surface area contributed by atoms with Gasteiger partial charge in [-0.1, -0.05) is 18.5 Å². The summed E-state index contributed by atoms with van der Waals surface area (Å²) in [5.74, 6) is 2.36. The van der Waals surface area contributed by atoms with Crippen LogP contribution < -0.4 is 9.47 Å². The van der Waals surface area contributed by atoms with Crippen molar-refractivity contribution < 1.29 is 23.5 Å². The molecule has 0 aliphatic carbocycles. The fourth-order valence-electron chi connectivity index (χ4n) is 3.71. The summed E-state index contributed by atoms with van der Waals surface area (Å²) >= 11 is 0. The van der Waals surface area contributed by atoms with Gasteiger partial charge in [0, 0.05) is 19.0 Å². The van der Waals surface area contributed by atoms with Crippen LogP contribution in [0.15, 0.2) is 16.7 Å². The number of esters is 1. The van der Waals surface area contributed by atoms with Crippen molar-refractivity contribution in [3.63, 3.8) is 0 Å². The molecule has 8 heteroatoms. The quantitative estimate of drug-likeness (QED) is 0.591. The summed E-state index contributed by atoms with van der Waals surface area (Å²) in [5, 5.41) is 4.07. The first-order valence-corrected chi connectivity index (χ1v) is 9.96. The van der Waals surface area contributed by atoms with Crippen LogP contribution in [0.2, 0.25) is 0 Å². The Balaban J connectivity index is 1.87. The van der Waals surface area contributed by atoms with E-state index < -0.39 is 0 Å². The van der Waals surface area contributed by atoms with Crippen molar-refractivity contribution in [2.75, 3.05) is 27.9 Å². The summed E-state index contributed by atoms with van der Waals surface area (Å²) in [6.07, 6.45) is 3.98. The highest BCUT2D eigenvalue weighted by atomic mass is 16.5. The van der Waals surface area contributed by atoms with E-state index in [-0.39, 0.29) is 18.4 Å². The summed E-state index contributed by atoms with van der Waals surface area (Å²) < 4.78 is 21.3. The lowest BCUT2D eigenvalue weighted by molar-refractivity contribution is -0.142. The van der Waals surface area contributed by atoms with Gasteiger partial charge in [-0.3, -0.25) is 9.69 Å². The lowest BCUT2D eigenvalue weighted by Crippen LogP contribution is -2.36. The minimum absolute atomic E-state index is 0.169. The van der Waals surface area contributed by atoms with Gasteiger partial charge >= 0.3 is 5.97 Å². The molecule has 0 radical (unpaired) electrons. The van der Waals surface area contributed by atoms with Gasteiger partial charge in [-0.25, -0.2) is 0 Å². The van der Waals surface area contributed by atoms with Crippen LogP contribution in [0.4, 0.5) is 0 Å². The van der Waals surface area contributed by atoms with Gasteiger partial charge < -0.3 is 18.7 Å². The number of carbonyl (C=O) groups excluding carboxylic acids is 1. The molecule has 2 heterocycles. The van der Waals surface area contributed by atoms with Crippen LogP contribution in [-0.4, -0.2) is 48.9 Å². The van der Waals surface area contributed by atoms with Crippen molar-refractivity contribution in [3.05, 3.63) is 35.0 Å². The second kappa shape index (κ2) is 9.73. The summed E-state index contributed by atoms with van der Waals surface area (Å²) in [6, 6.07) is 3.77. The second-order valence-corrected chi connectivity index (χ2v) is 7.13. The molecule has 1 unspecified atom stereocenters. The molecule has 0 amide bonds. The molecule has 2 aromatic rings. The lowest BCUT2D eigenvalue weighted by atomic mass is 9.90.